The van der Waals surface area contributed by atoms with Crippen molar-refractivity contribution in [2.75, 3.05) is 13.7 Å². The first kappa shape index (κ1) is 21.7. The van der Waals surface area contributed by atoms with Crippen LogP contribution in [-0.2, 0) is 16.1 Å². The molecule has 2 N–H and O–H groups in total. The number of nitrogens with one attached hydrogen (secondary N) is 2. The maximum absolute atomic E-state index is 12.2. The molecule has 0 saturated heterocycles. The Morgan fingerprint density at radius 1 is 1.00 bits per heavy atom. The standard InChI is InChI=1S/C21H24N2O6/c1-14(2)22-21(26)23-19(24)13-29-20(25)16-9-10-17(18(11-16)27-3)28-12-15-7-5-4-6-8-15/h4-11,14H,12-13H2,1-3H3,(H2,22,23,24,26). The lowest BCUT2D eigenvalue weighted by Gasteiger charge is -2.12. The summed E-state index contributed by atoms with van der Waals surface area (Å²) < 4.78 is 15.9. The van der Waals surface area contributed by atoms with Crippen LogP contribution in [-0.4, -0.2) is 37.7 Å². The third-order valence-electron chi connectivity index (χ3n) is 3.64. The van der Waals surface area contributed by atoms with E-state index in [0.29, 0.717) is 18.1 Å². The molecule has 0 heterocycles. The number of benzene rings is 2. The minimum absolute atomic E-state index is 0.125. The van der Waals surface area contributed by atoms with Crippen LogP contribution in [0.4, 0.5) is 4.79 Å². The maximum Gasteiger partial charge on any atom is 0.338 e. The molecule has 0 fully saturated rings. The molecule has 0 radical (unpaired) electrons. The fourth-order valence-corrected chi connectivity index (χ4v) is 2.32. The van der Waals surface area contributed by atoms with Crippen LogP contribution in [0.25, 0.3) is 0 Å². The van der Waals surface area contributed by atoms with Crippen molar-refractivity contribution in [1.29, 1.82) is 0 Å². The van der Waals surface area contributed by atoms with E-state index in [-0.39, 0.29) is 11.6 Å². The molecule has 154 valence electrons. The van der Waals surface area contributed by atoms with Crippen LogP contribution < -0.4 is 20.1 Å². The lowest BCUT2D eigenvalue weighted by atomic mass is 10.2. The number of methoxy groups -OCH3 is 1. The van der Waals surface area contributed by atoms with Gasteiger partial charge in [-0.2, -0.15) is 0 Å². The summed E-state index contributed by atoms with van der Waals surface area (Å²) in [6.07, 6.45) is 0. The first-order valence-corrected chi connectivity index (χ1v) is 9.01. The van der Waals surface area contributed by atoms with Crippen molar-refractivity contribution in [3.63, 3.8) is 0 Å². The van der Waals surface area contributed by atoms with Crippen LogP contribution in [0, 0.1) is 0 Å². The molecule has 0 saturated carbocycles. The second-order valence-electron chi connectivity index (χ2n) is 6.39. The largest absolute Gasteiger partial charge is 0.493 e. The van der Waals surface area contributed by atoms with E-state index in [1.54, 1.807) is 19.9 Å². The number of hydrogen-bond acceptors (Lipinski definition) is 6. The maximum atomic E-state index is 12.2. The molecule has 0 spiro atoms. The Hall–Kier alpha value is -3.55. The highest BCUT2D eigenvalue weighted by Crippen LogP contribution is 2.29. The Kier molecular flexibility index (Phi) is 8.02. The molecular weight excluding hydrogens is 376 g/mol. The van der Waals surface area contributed by atoms with Crippen LogP contribution in [0.1, 0.15) is 29.8 Å². The average molecular weight is 400 g/mol. The molecule has 2 aromatic carbocycles. The van der Waals surface area contributed by atoms with Crippen molar-refractivity contribution in [2.24, 2.45) is 0 Å². The van der Waals surface area contributed by atoms with Gasteiger partial charge in [0, 0.05) is 6.04 Å². The van der Waals surface area contributed by atoms with Gasteiger partial charge in [-0.3, -0.25) is 10.1 Å². The van der Waals surface area contributed by atoms with Gasteiger partial charge in [0.1, 0.15) is 6.61 Å². The lowest BCUT2D eigenvalue weighted by molar-refractivity contribution is -0.123. The van der Waals surface area contributed by atoms with Gasteiger partial charge in [0.2, 0.25) is 0 Å². The molecular formula is C21H24N2O6. The van der Waals surface area contributed by atoms with E-state index in [0.717, 1.165) is 5.56 Å². The van der Waals surface area contributed by atoms with E-state index < -0.39 is 24.5 Å². The molecule has 8 nitrogen and oxygen atoms in total. The number of hydrogen-bond donors (Lipinski definition) is 2. The molecule has 0 aliphatic carbocycles. The molecule has 29 heavy (non-hydrogen) atoms. The predicted octanol–water partition coefficient (Wildman–Crippen LogP) is 2.67. The summed E-state index contributed by atoms with van der Waals surface area (Å²) in [5.74, 6) is -0.629. The third kappa shape index (κ3) is 7.17. The van der Waals surface area contributed by atoms with Crippen molar-refractivity contribution >= 4 is 17.9 Å². The van der Waals surface area contributed by atoms with Crippen LogP contribution in [0.3, 0.4) is 0 Å². The highest BCUT2D eigenvalue weighted by atomic mass is 16.5. The van der Waals surface area contributed by atoms with Crippen molar-refractivity contribution in [3.05, 3.63) is 59.7 Å². The number of amides is 3. The van der Waals surface area contributed by atoms with Gasteiger partial charge in [-0.05, 0) is 37.6 Å². The fraction of sp³-hybridized carbons (Fsp3) is 0.286. The van der Waals surface area contributed by atoms with Gasteiger partial charge in [-0.15, -0.1) is 0 Å². The van der Waals surface area contributed by atoms with Gasteiger partial charge < -0.3 is 19.5 Å². The topological polar surface area (TPSA) is 103 Å². The van der Waals surface area contributed by atoms with E-state index in [9.17, 15) is 14.4 Å². The molecule has 0 atom stereocenters. The van der Waals surface area contributed by atoms with Crippen LogP contribution in [0.2, 0.25) is 0 Å². The number of urea groups is 1. The molecule has 0 unspecified atom stereocenters. The number of esters is 1. The number of imide groups is 1. The van der Waals surface area contributed by atoms with Crippen molar-refractivity contribution in [2.45, 2.75) is 26.5 Å². The van der Waals surface area contributed by atoms with Crippen molar-refractivity contribution in [1.82, 2.24) is 10.6 Å². The van der Waals surface area contributed by atoms with Gasteiger partial charge in [0.15, 0.2) is 18.1 Å². The molecule has 8 heteroatoms. The SMILES string of the molecule is COc1cc(C(=O)OCC(=O)NC(=O)NC(C)C)ccc1OCc1ccccc1. The zero-order valence-corrected chi connectivity index (χ0v) is 16.6. The Morgan fingerprint density at radius 2 is 1.72 bits per heavy atom. The first-order chi connectivity index (χ1) is 13.9. The first-order valence-electron chi connectivity index (χ1n) is 9.01. The normalized spacial score (nSPS) is 10.2. The summed E-state index contributed by atoms with van der Waals surface area (Å²) in [5.41, 5.74) is 1.18. The summed E-state index contributed by atoms with van der Waals surface area (Å²) in [6, 6.07) is 13.4. The Morgan fingerprint density at radius 3 is 2.38 bits per heavy atom. The number of rotatable bonds is 8. The summed E-state index contributed by atoms with van der Waals surface area (Å²) in [5, 5.41) is 4.57. The second kappa shape index (κ2) is 10.7. The molecule has 2 aromatic rings. The van der Waals surface area contributed by atoms with E-state index >= 15 is 0 Å². The zero-order chi connectivity index (χ0) is 21.2. The summed E-state index contributed by atoms with van der Waals surface area (Å²) >= 11 is 0. The van der Waals surface area contributed by atoms with Gasteiger partial charge in [-0.25, -0.2) is 9.59 Å². The monoisotopic (exact) mass is 400 g/mol. The Labute approximate surface area is 169 Å². The number of ether oxygens (including phenoxy) is 3. The number of carbonyl (C=O) groups is 3. The predicted molar refractivity (Wildman–Crippen MR) is 106 cm³/mol. The molecule has 0 bridgehead atoms. The highest BCUT2D eigenvalue weighted by Gasteiger charge is 2.15. The molecule has 3 amide bonds. The van der Waals surface area contributed by atoms with Crippen molar-refractivity contribution < 1.29 is 28.6 Å². The quantitative estimate of drug-likeness (QED) is 0.661. The van der Waals surface area contributed by atoms with Crippen LogP contribution >= 0.6 is 0 Å². The summed E-state index contributed by atoms with van der Waals surface area (Å²) in [6.45, 7) is 3.27. The minimum Gasteiger partial charge on any atom is -0.493 e. The third-order valence-corrected chi connectivity index (χ3v) is 3.64. The molecule has 0 aliphatic rings. The highest BCUT2D eigenvalue weighted by molar-refractivity contribution is 5.97. The van der Waals surface area contributed by atoms with Gasteiger partial charge >= 0.3 is 12.0 Å². The van der Waals surface area contributed by atoms with Crippen LogP contribution in [0.15, 0.2) is 48.5 Å². The molecule has 0 aromatic heterocycles. The Balaban J connectivity index is 1.91. The summed E-state index contributed by atoms with van der Waals surface area (Å²) in [4.78, 5) is 35.3. The molecule has 2 rings (SSSR count). The van der Waals surface area contributed by atoms with E-state index in [1.807, 2.05) is 30.3 Å². The van der Waals surface area contributed by atoms with E-state index in [2.05, 4.69) is 10.6 Å². The summed E-state index contributed by atoms with van der Waals surface area (Å²) in [7, 11) is 1.46. The smallest absolute Gasteiger partial charge is 0.338 e. The van der Waals surface area contributed by atoms with Crippen LogP contribution in [0.5, 0.6) is 11.5 Å². The van der Waals surface area contributed by atoms with Gasteiger partial charge in [0.05, 0.1) is 12.7 Å². The van der Waals surface area contributed by atoms with Crippen molar-refractivity contribution in [3.8, 4) is 11.5 Å². The molecule has 0 aliphatic heterocycles. The van der Waals surface area contributed by atoms with Gasteiger partial charge in [0.25, 0.3) is 5.91 Å². The zero-order valence-electron chi connectivity index (χ0n) is 16.6. The average Bonchev–Trinajstić information content (AvgIpc) is 2.70. The fourth-order valence-electron chi connectivity index (χ4n) is 2.32. The van der Waals surface area contributed by atoms with Gasteiger partial charge in [-0.1, -0.05) is 30.3 Å². The Bertz CT molecular complexity index is 852. The van der Waals surface area contributed by atoms with E-state index in [1.165, 1.54) is 19.2 Å². The lowest BCUT2D eigenvalue weighted by Crippen LogP contribution is -2.44. The number of carbonyl (C=O) groups excluding carboxylic acids is 3. The minimum atomic E-state index is -0.730. The second-order valence-corrected chi connectivity index (χ2v) is 6.39. The van der Waals surface area contributed by atoms with E-state index in [4.69, 9.17) is 14.2 Å².